The van der Waals surface area contributed by atoms with E-state index in [0.29, 0.717) is 24.0 Å². The van der Waals surface area contributed by atoms with Crippen molar-refractivity contribution in [3.05, 3.63) is 132 Å². The number of aromatic hydroxyl groups is 1. The molecule has 4 nitrogen and oxygen atoms in total. The molecule has 0 aromatic heterocycles. The maximum absolute atomic E-state index is 11.3. The van der Waals surface area contributed by atoms with Crippen LogP contribution in [0.25, 0.3) is 16.8 Å². The highest BCUT2D eigenvalue weighted by Gasteiger charge is 2.50. The van der Waals surface area contributed by atoms with Crippen molar-refractivity contribution in [3.63, 3.8) is 0 Å². The summed E-state index contributed by atoms with van der Waals surface area (Å²) >= 11 is 0. The van der Waals surface area contributed by atoms with Crippen LogP contribution in [-0.2, 0) is 4.43 Å². The van der Waals surface area contributed by atoms with Crippen molar-refractivity contribution < 1.29 is 19.7 Å². The van der Waals surface area contributed by atoms with Crippen molar-refractivity contribution in [1.82, 2.24) is 0 Å². The third-order valence-electron chi connectivity index (χ3n) is 8.11. The molecule has 0 aliphatic rings. The number of hydrogen-bond acceptors (Lipinski definition) is 4. The molecular formula is C38H44O4Si. The Labute approximate surface area is 257 Å². The zero-order valence-corrected chi connectivity index (χ0v) is 26.8. The lowest BCUT2D eigenvalue weighted by Crippen LogP contribution is -2.66. The molecule has 0 saturated heterocycles. The minimum absolute atomic E-state index is 0.185. The summed E-state index contributed by atoms with van der Waals surface area (Å²) in [5.41, 5.74) is 3.41. The summed E-state index contributed by atoms with van der Waals surface area (Å²) in [6.07, 6.45) is 4.08. The Bertz CT molecular complexity index is 1540. The quantitative estimate of drug-likeness (QED) is 0.121. The maximum atomic E-state index is 11.3. The highest BCUT2D eigenvalue weighted by atomic mass is 28.4. The van der Waals surface area contributed by atoms with Gasteiger partial charge in [-0.15, -0.1) is 0 Å². The van der Waals surface area contributed by atoms with Crippen LogP contribution in [0.4, 0.5) is 0 Å². The average Bonchev–Trinajstić information content (AvgIpc) is 3.01. The molecule has 0 amide bonds. The van der Waals surface area contributed by atoms with E-state index in [1.54, 1.807) is 12.1 Å². The molecule has 4 aromatic carbocycles. The third-order valence-corrected chi connectivity index (χ3v) is 13.1. The van der Waals surface area contributed by atoms with E-state index in [1.165, 1.54) is 10.4 Å². The van der Waals surface area contributed by atoms with Crippen molar-refractivity contribution in [3.8, 4) is 5.75 Å². The predicted octanol–water partition coefficient (Wildman–Crippen LogP) is 7.14. The lowest BCUT2D eigenvalue weighted by atomic mass is 9.95. The van der Waals surface area contributed by atoms with Gasteiger partial charge in [0.2, 0.25) is 0 Å². The molecule has 4 rings (SSSR count). The standard InChI is InChI=1S/C38H44O4Si/c1-28(26-30-21-23-37(41)35-19-13-12-18-34(30)35)20-22-36(40)33(24-25-39)29(2)27-42-43(38(3,4)5,31-14-8-6-9-15-31)32-16-10-7-11-17-32/h6-19,21,23-24,26,36,39-41H,2,20,22,25,27H2,1,3-5H3/b28-26+,33-24-. The average molecular weight is 593 g/mol. The van der Waals surface area contributed by atoms with Gasteiger partial charge >= 0.3 is 0 Å². The Morgan fingerprint density at radius 3 is 1.98 bits per heavy atom. The minimum atomic E-state index is -2.78. The van der Waals surface area contributed by atoms with Crippen molar-refractivity contribution in [2.75, 3.05) is 13.2 Å². The SMILES string of the molecule is C=C(CO[Si](c1ccccc1)(c1ccccc1)C(C)(C)C)/C(=C/CO)C(O)CC/C(C)=C/c1ccc(O)c2ccccc12. The number of allylic oxidation sites excluding steroid dienone is 1. The van der Waals surface area contributed by atoms with Crippen molar-refractivity contribution in [2.24, 2.45) is 0 Å². The van der Waals surface area contributed by atoms with Crippen LogP contribution in [-0.4, -0.2) is 43.0 Å². The normalized spacial score (nSPS) is 13.7. The predicted molar refractivity (Wildman–Crippen MR) is 182 cm³/mol. The van der Waals surface area contributed by atoms with E-state index in [-0.39, 0.29) is 24.0 Å². The maximum Gasteiger partial charge on any atom is 0.261 e. The molecule has 224 valence electrons. The zero-order valence-electron chi connectivity index (χ0n) is 25.8. The fourth-order valence-corrected chi connectivity index (χ4v) is 10.5. The molecular weight excluding hydrogens is 549 g/mol. The Morgan fingerprint density at radius 1 is 0.860 bits per heavy atom. The number of phenolic OH excluding ortho intramolecular Hbond substituents is 1. The minimum Gasteiger partial charge on any atom is -0.507 e. The Kier molecular flexibility index (Phi) is 10.6. The van der Waals surface area contributed by atoms with Gasteiger partial charge in [-0.25, -0.2) is 0 Å². The first-order valence-electron chi connectivity index (χ1n) is 14.9. The zero-order chi connectivity index (χ0) is 31.0. The molecule has 0 bridgehead atoms. The fraction of sp³-hybridized carbons (Fsp3) is 0.263. The highest BCUT2D eigenvalue weighted by molar-refractivity contribution is 6.99. The second-order valence-corrected chi connectivity index (χ2v) is 16.5. The first-order chi connectivity index (χ1) is 20.6. The number of aliphatic hydroxyl groups excluding tert-OH is 2. The molecule has 0 heterocycles. The first-order valence-corrected chi connectivity index (χ1v) is 16.8. The monoisotopic (exact) mass is 592 g/mol. The van der Waals surface area contributed by atoms with Gasteiger partial charge in [-0.3, -0.25) is 0 Å². The van der Waals surface area contributed by atoms with Gasteiger partial charge in [-0.05, 0) is 63.3 Å². The van der Waals surface area contributed by atoms with Crippen molar-refractivity contribution in [1.29, 1.82) is 0 Å². The summed E-state index contributed by atoms with van der Waals surface area (Å²) in [6, 6.07) is 32.3. The molecule has 0 fully saturated rings. The molecule has 4 aromatic rings. The number of hydrogen-bond donors (Lipinski definition) is 3. The number of benzene rings is 4. The summed E-state index contributed by atoms with van der Waals surface area (Å²) < 4.78 is 7.03. The Hall–Kier alpha value is -3.74. The molecule has 3 N–H and O–H groups in total. The van der Waals surface area contributed by atoms with Crippen molar-refractivity contribution >= 4 is 35.5 Å². The van der Waals surface area contributed by atoms with Gasteiger partial charge in [0.25, 0.3) is 8.32 Å². The number of aliphatic hydroxyl groups is 2. The summed E-state index contributed by atoms with van der Waals surface area (Å²) in [5, 5.41) is 35.4. The van der Waals surface area contributed by atoms with E-state index in [1.807, 2.05) is 49.4 Å². The summed E-state index contributed by atoms with van der Waals surface area (Å²) in [7, 11) is -2.78. The number of rotatable bonds is 12. The van der Waals surface area contributed by atoms with Crippen molar-refractivity contribution in [2.45, 2.75) is 51.7 Å². The van der Waals surface area contributed by atoms with Crippen LogP contribution in [0, 0.1) is 0 Å². The largest absolute Gasteiger partial charge is 0.507 e. The van der Waals surface area contributed by atoms with Crippen LogP contribution in [0.5, 0.6) is 5.75 Å². The smallest absolute Gasteiger partial charge is 0.261 e. The first kappa shape index (κ1) is 32.2. The van der Waals surface area contributed by atoms with Gasteiger partial charge in [-0.1, -0.05) is 136 Å². The molecule has 0 saturated carbocycles. The van der Waals surface area contributed by atoms with Crippen LogP contribution in [0.1, 0.15) is 46.1 Å². The Balaban J connectivity index is 1.53. The molecule has 0 radical (unpaired) electrons. The summed E-state index contributed by atoms with van der Waals surface area (Å²) in [5.74, 6) is 0.262. The fourth-order valence-electron chi connectivity index (χ4n) is 5.94. The van der Waals surface area contributed by atoms with Gasteiger partial charge < -0.3 is 19.7 Å². The van der Waals surface area contributed by atoms with Crippen LogP contribution < -0.4 is 10.4 Å². The molecule has 1 atom stereocenters. The third kappa shape index (κ3) is 7.26. The molecule has 0 aliphatic carbocycles. The second kappa shape index (κ2) is 14.2. The van der Waals surface area contributed by atoms with Crippen LogP contribution in [0.3, 0.4) is 0 Å². The van der Waals surface area contributed by atoms with Gasteiger partial charge in [0.15, 0.2) is 0 Å². The molecule has 5 heteroatoms. The van der Waals surface area contributed by atoms with E-state index in [4.69, 9.17) is 4.43 Å². The van der Waals surface area contributed by atoms with Crippen LogP contribution in [0.15, 0.2) is 126 Å². The molecule has 0 aliphatic heterocycles. The van der Waals surface area contributed by atoms with Crippen LogP contribution in [0.2, 0.25) is 5.04 Å². The van der Waals surface area contributed by atoms with Gasteiger partial charge in [0, 0.05) is 5.39 Å². The topological polar surface area (TPSA) is 69.9 Å². The summed E-state index contributed by atoms with van der Waals surface area (Å²) in [4.78, 5) is 0. The van der Waals surface area contributed by atoms with E-state index in [2.05, 4.69) is 82.0 Å². The van der Waals surface area contributed by atoms with Crippen LogP contribution >= 0.6 is 0 Å². The van der Waals surface area contributed by atoms with Gasteiger partial charge in [-0.2, -0.15) is 0 Å². The highest BCUT2D eigenvalue weighted by Crippen LogP contribution is 2.37. The lowest BCUT2D eigenvalue weighted by molar-refractivity contribution is 0.198. The lowest BCUT2D eigenvalue weighted by Gasteiger charge is -2.43. The molecule has 43 heavy (non-hydrogen) atoms. The number of fused-ring (bicyclic) bond motifs is 1. The molecule has 0 spiro atoms. The van der Waals surface area contributed by atoms with E-state index in [0.717, 1.165) is 21.9 Å². The molecule has 1 unspecified atom stereocenters. The number of phenols is 1. The van der Waals surface area contributed by atoms with E-state index in [9.17, 15) is 15.3 Å². The van der Waals surface area contributed by atoms with Gasteiger partial charge in [0.1, 0.15) is 5.75 Å². The van der Waals surface area contributed by atoms with E-state index >= 15 is 0 Å². The summed E-state index contributed by atoms with van der Waals surface area (Å²) in [6.45, 7) is 13.1. The second-order valence-electron chi connectivity index (χ2n) is 12.2. The van der Waals surface area contributed by atoms with E-state index < -0.39 is 14.4 Å². The Morgan fingerprint density at radius 2 is 1.42 bits per heavy atom. The van der Waals surface area contributed by atoms with Gasteiger partial charge in [0.05, 0.1) is 19.3 Å².